The van der Waals surface area contributed by atoms with Crippen molar-refractivity contribution in [2.45, 2.75) is 0 Å². The lowest BCUT2D eigenvalue weighted by Gasteiger charge is -2.11. The van der Waals surface area contributed by atoms with Gasteiger partial charge in [-0.25, -0.2) is 0 Å². The molecule has 5 nitrogen and oxygen atoms in total. The second kappa shape index (κ2) is 5.45. The molecule has 0 saturated heterocycles. The summed E-state index contributed by atoms with van der Waals surface area (Å²) >= 11 is 4.48. The third-order valence-corrected chi connectivity index (χ3v) is 3.58. The smallest absolute Gasteiger partial charge is 0.217 e. The molecular weight excluding hydrogens is 320 g/mol. The molecule has 2 rings (SSSR count). The summed E-state index contributed by atoms with van der Waals surface area (Å²) in [7, 11) is 3.04. The number of halogens is 1. The van der Waals surface area contributed by atoms with Crippen molar-refractivity contribution >= 4 is 33.2 Å². The molecule has 0 amide bonds. The lowest BCUT2D eigenvalue weighted by Crippen LogP contribution is -2.05. The molecule has 0 aliphatic heterocycles. The van der Waals surface area contributed by atoms with Gasteiger partial charge in [0.05, 0.1) is 19.8 Å². The maximum Gasteiger partial charge on any atom is 0.217 e. The molecular formula is C11H9BrN2O3S. The van der Waals surface area contributed by atoms with Crippen LogP contribution in [0.5, 0.6) is 11.5 Å². The van der Waals surface area contributed by atoms with Crippen molar-refractivity contribution in [3.8, 4) is 11.5 Å². The Balaban J connectivity index is 2.52. The van der Waals surface area contributed by atoms with Crippen LogP contribution in [0.3, 0.4) is 0 Å². The van der Waals surface area contributed by atoms with E-state index in [0.29, 0.717) is 27.2 Å². The first-order valence-electron chi connectivity index (χ1n) is 4.91. The highest BCUT2D eigenvalue weighted by atomic mass is 79.9. The predicted molar refractivity (Wildman–Crippen MR) is 70.6 cm³/mol. The van der Waals surface area contributed by atoms with Gasteiger partial charge in [0.1, 0.15) is 21.7 Å². The first kappa shape index (κ1) is 13.0. The van der Waals surface area contributed by atoms with E-state index in [9.17, 15) is 4.79 Å². The van der Waals surface area contributed by atoms with Crippen molar-refractivity contribution in [2.24, 2.45) is 0 Å². The zero-order valence-electron chi connectivity index (χ0n) is 9.64. The van der Waals surface area contributed by atoms with E-state index in [1.807, 2.05) is 0 Å². The fourth-order valence-electron chi connectivity index (χ4n) is 1.48. The second-order valence-corrected chi connectivity index (χ2v) is 4.68. The summed E-state index contributed by atoms with van der Waals surface area (Å²) in [5.74, 6) is 0.788. The third-order valence-electron chi connectivity index (χ3n) is 2.32. The number of ether oxygens (including phenoxy) is 2. The Morgan fingerprint density at radius 2 is 2.11 bits per heavy atom. The van der Waals surface area contributed by atoms with Gasteiger partial charge in [-0.1, -0.05) is 4.49 Å². The average molecular weight is 329 g/mol. The highest BCUT2D eigenvalue weighted by molar-refractivity contribution is 9.10. The Hall–Kier alpha value is -1.47. The number of carbonyl (C=O) groups excluding carboxylic acids is 1. The van der Waals surface area contributed by atoms with Crippen LogP contribution in [0.1, 0.15) is 16.1 Å². The lowest BCUT2D eigenvalue weighted by atomic mass is 10.1. The van der Waals surface area contributed by atoms with Crippen LogP contribution in [0.2, 0.25) is 0 Å². The summed E-state index contributed by atoms with van der Waals surface area (Å²) in [5, 5.41) is 5.35. The number of nitrogens with zero attached hydrogens (tertiary/aromatic N) is 2. The minimum atomic E-state index is -0.232. The van der Waals surface area contributed by atoms with Gasteiger partial charge < -0.3 is 9.47 Å². The normalized spacial score (nSPS) is 10.2. The number of aromatic nitrogens is 2. The minimum Gasteiger partial charge on any atom is -0.495 e. The molecule has 2 aromatic rings. The zero-order chi connectivity index (χ0) is 13.1. The van der Waals surface area contributed by atoms with Gasteiger partial charge in [0.2, 0.25) is 5.78 Å². The molecule has 18 heavy (non-hydrogen) atoms. The van der Waals surface area contributed by atoms with E-state index in [2.05, 4.69) is 25.5 Å². The summed E-state index contributed by atoms with van der Waals surface area (Å²) in [5.41, 5.74) is 0.716. The fourth-order valence-corrected chi connectivity index (χ4v) is 2.58. The van der Waals surface area contributed by atoms with Crippen LogP contribution >= 0.6 is 27.5 Å². The Bertz CT molecular complexity index is 572. The van der Waals surface area contributed by atoms with Crippen LogP contribution in [0.25, 0.3) is 0 Å². The predicted octanol–water partition coefficient (Wildman–Crippen LogP) is 2.55. The van der Waals surface area contributed by atoms with Crippen molar-refractivity contribution < 1.29 is 14.3 Å². The van der Waals surface area contributed by atoms with Gasteiger partial charge >= 0.3 is 0 Å². The molecule has 0 unspecified atom stereocenters. The number of benzene rings is 1. The van der Waals surface area contributed by atoms with Crippen molar-refractivity contribution in [3.63, 3.8) is 0 Å². The van der Waals surface area contributed by atoms with Gasteiger partial charge in [0.25, 0.3) is 0 Å². The molecule has 0 saturated carbocycles. The molecule has 1 aromatic carbocycles. The molecule has 0 spiro atoms. The molecule has 0 fully saturated rings. The number of carbonyl (C=O) groups is 1. The van der Waals surface area contributed by atoms with Crippen LogP contribution in [-0.4, -0.2) is 29.6 Å². The molecule has 1 heterocycles. The molecule has 0 aliphatic rings. The Kier molecular flexibility index (Phi) is 3.93. The number of hydrogen-bond acceptors (Lipinski definition) is 6. The lowest BCUT2D eigenvalue weighted by molar-refractivity contribution is 0.103. The maximum atomic E-state index is 12.2. The van der Waals surface area contributed by atoms with Crippen molar-refractivity contribution in [3.05, 3.63) is 33.2 Å². The molecule has 1 aromatic heterocycles. The quantitative estimate of drug-likeness (QED) is 0.807. The van der Waals surface area contributed by atoms with Crippen LogP contribution in [-0.2, 0) is 0 Å². The minimum absolute atomic E-state index is 0.232. The Morgan fingerprint density at radius 3 is 2.67 bits per heavy atom. The van der Waals surface area contributed by atoms with Crippen molar-refractivity contribution in [1.82, 2.24) is 9.59 Å². The highest BCUT2D eigenvalue weighted by Gasteiger charge is 2.21. The molecule has 0 radical (unpaired) electrons. The summed E-state index contributed by atoms with van der Waals surface area (Å²) in [6, 6.07) is 3.34. The molecule has 0 atom stereocenters. The van der Waals surface area contributed by atoms with Gasteiger partial charge in [-0.05, 0) is 39.6 Å². The molecule has 0 N–H and O–H groups in total. The van der Waals surface area contributed by atoms with E-state index >= 15 is 0 Å². The highest BCUT2D eigenvalue weighted by Crippen LogP contribution is 2.37. The monoisotopic (exact) mass is 328 g/mol. The Morgan fingerprint density at radius 1 is 1.33 bits per heavy atom. The van der Waals surface area contributed by atoms with E-state index in [4.69, 9.17) is 9.47 Å². The topological polar surface area (TPSA) is 61.3 Å². The summed E-state index contributed by atoms with van der Waals surface area (Å²) in [4.78, 5) is 12.2. The van der Waals surface area contributed by atoms with Gasteiger partial charge in [-0.15, -0.1) is 5.10 Å². The maximum absolute atomic E-state index is 12.2. The van der Waals surface area contributed by atoms with Crippen LogP contribution in [0, 0.1) is 0 Å². The largest absolute Gasteiger partial charge is 0.495 e. The van der Waals surface area contributed by atoms with Crippen molar-refractivity contribution in [1.29, 1.82) is 0 Å². The van der Waals surface area contributed by atoms with Gasteiger partial charge in [0.15, 0.2) is 0 Å². The molecule has 0 bridgehead atoms. The number of hydrogen-bond donors (Lipinski definition) is 0. The van der Waals surface area contributed by atoms with Gasteiger partial charge in [-0.3, -0.25) is 4.79 Å². The van der Waals surface area contributed by atoms with E-state index < -0.39 is 0 Å². The fraction of sp³-hybridized carbons (Fsp3) is 0.182. The third kappa shape index (κ3) is 2.23. The van der Waals surface area contributed by atoms with Crippen LogP contribution < -0.4 is 9.47 Å². The zero-order valence-corrected chi connectivity index (χ0v) is 12.0. The first-order valence-corrected chi connectivity index (χ1v) is 6.54. The molecule has 7 heteroatoms. The van der Waals surface area contributed by atoms with Crippen LogP contribution in [0.15, 0.2) is 22.0 Å². The molecule has 94 valence electrons. The first-order chi connectivity index (χ1) is 8.69. The average Bonchev–Trinajstić information content (AvgIpc) is 2.91. The van der Waals surface area contributed by atoms with E-state index in [-0.39, 0.29) is 5.78 Å². The van der Waals surface area contributed by atoms with Crippen molar-refractivity contribution in [2.75, 3.05) is 14.2 Å². The van der Waals surface area contributed by atoms with E-state index in [1.54, 1.807) is 24.6 Å². The summed E-state index contributed by atoms with van der Waals surface area (Å²) < 4.78 is 14.7. The van der Waals surface area contributed by atoms with Gasteiger partial charge in [0, 0.05) is 5.38 Å². The standard InChI is InChI=1S/C11H9BrN2O3S/c1-16-8-4-3-6(11(17-2)9(8)12)10(15)7-5-18-14-13-7/h3-5H,1-2H3. The van der Waals surface area contributed by atoms with E-state index in [1.165, 1.54) is 7.11 Å². The van der Waals surface area contributed by atoms with Gasteiger partial charge in [-0.2, -0.15) is 0 Å². The second-order valence-electron chi connectivity index (χ2n) is 3.28. The SMILES string of the molecule is COc1ccc(C(=O)c2csnn2)c(OC)c1Br. The number of ketones is 1. The number of methoxy groups -OCH3 is 2. The summed E-state index contributed by atoms with van der Waals surface area (Å²) in [6.45, 7) is 0. The van der Waals surface area contributed by atoms with Crippen LogP contribution in [0.4, 0.5) is 0 Å². The van der Waals surface area contributed by atoms with E-state index in [0.717, 1.165) is 11.5 Å². The number of rotatable bonds is 4. The molecule has 0 aliphatic carbocycles. The summed E-state index contributed by atoms with van der Waals surface area (Å²) in [6.07, 6.45) is 0. The Labute approximate surface area is 116 Å².